The first-order chi connectivity index (χ1) is 21.7. The number of halogens is 3. The number of rotatable bonds is 11. The summed E-state index contributed by atoms with van der Waals surface area (Å²) in [6.07, 6.45) is -4.73. The van der Waals surface area contributed by atoms with Gasteiger partial charge in [-0.1, -0.05) is 48.0 Å². The predicted octanol–water partition coefficient (Wildman–Crippen LogP) is 4.62. The molecule has 0 radical (unpaired) electrons. The van der Waals surface area contributed by atoms with E-state index in [1.807, 2.05) is 11.6 Å². The van der Waals surface area contributed by atoms with Gasteiger partial charge in [0, 0.05) is 5.56 Å². The van der Waals surface area contributed by atoms with Crippen molar-refractivity contribution in [2.24, 2.45) is 5.28 Å². The van der Waals surface area contributed by atoms with E-state index in [-0.39, 0.29) is 26.8 Å². The number of nitrogens with one attached hydrogen (secondary N) is 1. The average molecular weight is 661 g/mol. The number of alkyl halides is 3. The van der Waals surface area contributed by atoms with Gasteiger partial charge in [0.25, 0.3) is 22.7 Å². The number of hydrazine groups is 1. The Bertz CT molecular complexity index is 1830. The monoisotopic (exact) mass is 660 g/mol. The van der Waals surface area contributed by atoms with Crippen LogP contribution in [0.2, 0.25) is 0 Å². The molecule has 0 fully saturated rings. The Hall–Kier alpha value is -5.45. The molecular weight excluding hydrogens is 633 g/mol. The van der Waals surface area contributed by atoms with E-state index in [9.17, 15) is 36.4 Å². The molecule has 1 atom stereocenters. The van der Waals surface area contributed by atoms with E-state index in [4.69, 9.17) is 4.74 Å². The van der Waals surface area contributed by atoms with Gasteiger partial charge >= 0.3 is 12.1 Å². The van der Waals surface area contributed by atoms with Crippen molar-refractivity contribution in [3.63, 3.8) is 0 Å². The third kappa shape index (κ3) is 7.98. The van der Waals surface area contributed by atoms with Gasteiger partial charge in [-0.2, -0.15) is 18.3 Å². The van der Waals surface area contributed by atoms with Crippen molar-refractivity contribution in [2.45, 2.75) is 31.0 Å². The first-order valence-electron chi connectivity index (χ1n) is 13.3. The molecule has 1 heterocycles. The van der Waals surface area contributed by atoms with E-state index in [1.165, 1.54) is 31.2 Å². The van der Waals surface area contributed by atoms with Crippen molar-refractivity contribution in [3.8, 4) is 16.9 Å². The van der Waals surface area contributed by atoms with Crippen molar-refractivity contribution in [1.82, 2.24) is 19.5 Å². The molecule has 0 saturated carbocycles. The van der Waals surface area contributed by atoms with Gasteiger partial charge in [0.15, 0.2) is 11.7 Å². The molecule has 17 heteroatoms. The second-order valence-electron chi connectivity index (χ2n) is 9.78. The summed E-state index contributed by atoms with van der Waals surface area (Å²) in [5.74, 6) is -1.84. The third-order valence-corrected chi connectivity index (χ3v) is 7.93. The summed E-state index contributed by atoms with van der Waals surface area (Å²) in [7, 11) is -3.35. The highest BCUT2D eigenvalue weighted by Gasteiger charge is 2.35. The molecule has 1 aromatic heterocycles. The van der Waals surface area contributed by atoms with Crippen LogP contribution in [0.4, 0.5) is 13.2 Å². The molecule has 0 saturated heterocycles. The second-order valence-corrected chi connectivity index (χ2v) is 11.5. The summed E-state index contributed by atoms with van der Waals surface area (Å²) >= 11 is 0. The van der Waals surface area contributed by atoms with Crippen LogP contribution in [0.25, 0.3) is 16.9 Å². The molecule has 4 rings (SSSR count). The molecule has 1 N–H and O–H groups in total. The minimum atomic E-state index is -4.73. The Morgan fingerprint density at radius 2 is 1.70 bits per heavy atom. The van der Waals surface area contributed by atoms with Gasteiger partial charge in [-0.25, -0.2) is 22.6 Å². The number of carbonyl (C=O) groups excluding carboxylic acids is 2. The van der Waals surface area contributed by atoms with Crippen LogP contribution >= 0.6 is 0 Å². The lowest BCUT2D eigenvalue weighted by Crippen LogP contribution is -2.47. The van der Waals surface area contributed by atoms with E-state index in [0.29, 0.717) is 10.6 Å². The summed E-state index contributed by atoms with van der Waals surface area (Å²) in [5, 5.41) is 19.8. The fourth-order valence-electron chi connectivity index (χ4n) is 3.88. The molecule has 0 aliphatic carbocycles. The van der Waals surface area contributed by atoms with Crippen LogP contribution in [0.15, 0.2) is 95.1 Å². The minimum absolute atomic E-state index is 0.124. The molecule has 0 bridgehead atoms. The van der Waals surface area contributed by atoms with Gasteiger partial charge in [0.05, 0.1) is 33.9 Å². The van der Waals surface area contributed by atoms with Crippen molar-refractivity contribution >= 4 is 21.9 Å². The van der Waals surface area contributed by atoms with E-state index in [1.54, 1.807) is 42.5 Å². The molecule has 4 aromatic rings. The van der Waals surface area contributed by atoms with Gasteiger partial charge in [-0.05, 0) is 56.3 Å². The number of hydrogen-bond acceptors (Lipinski definition) is 9. The molecule has 0 unspecified atom stereocenters. The number of hydrogen-bond donors (Lipinski definition) is 1. The summed E-state index contributed by atoms with van der Waals surface area (Å²) in [6, 6.07) is 18.9. The molecule has 0 aliphatic heterocycles. The maximum Gasteiger partial charge on any atom is 0.435 e. The predicted molar refractivity (Wildman–Crippen MR) is 155 cm³/mol. The molecule has 46 heavy (non-hydrogen) atoms. The van der Waals surface area contributed by atoms with E-state index < -0.39 is 46.6 Å². The zero-order valence-corrected chi connectivity index (χ0v) is 25.3. The van der Waals surface area contributed by atoms with Gasteiger partial charge in [0.1, 0.15) is 0 Å². The molecule has 0 spiro atoms. The number of carbonyl (C=O) groups is 2. The van der Waals surface area contributed by atoms with Gasteiger partial charge < -0.3 is 14.8 Å². The van der Waals surface area contributed by atoms with Crippen LogP contribution in [0.1, 0.15) is 28.5 Å². The first-order valence-corrected chi connectivity index (χ1v) is 14.8. The summed E-state index contributed by atoms with van der Waals surface area (Å²) in [6.45, 7) is 2.33. The Morgan fingerprint density at radius 3 is 2.30 bits per heavy atom. The van der Waals surface area contributed by atoms with E-state index in [0.717, 1.165) is 35.5 Å². The summed E-state index contributed by atoms with van der Waals surface area (Å²) < 4.78 is 74.1. The zero-order chi connectivity index (χ0) is 33.6. The molecule has 0 aliphatic rings. The standard InChI is InChI=1S/C29H27F3N6O7S/c1-19-9-11-21(12-10-19)25-17-26(29(30,31)32)33-37(25)23-13-15-24(16-14-23)46(42,43)34-27(39)20(2)36(3)38(41)35-45-18-44-28(40)22-7-5-4-6-8-22/h4-17,20H,18H2,1-3H3,(H,34,39)/b38-35-/t20-/m0/s1. The lowest BCUT2D eigenvalue weighted by atomic mass is 10.1. The molecule has 13 nitrogen and oxygen atoms in total. The highest BCUT2D eigenvalue weighted by Crippen LogP contribution is 2.33. The largest absolute Gasteiger partial charge is 0.569 e. The number of esters is 1. The van der Waals surface area contributed by atoms with Crippen LogP contribution in [-0.2, 0) is 30.6 Å². The second kappa shape index (κ2) is 13.7. The molecule has 3 aromatic carbocycles. The number of nitrogens with zero attached hydrogens (tertiary/aromatic N) is 5. The highest BCUT2D eigenvalue weighted by atomic mass is 32.2. The Labute approximate surface area is 261 Å². The van der Waals surface area contributed by atoms with Crippen LogP contribution in [-0.4, -0.2) is 59.9 Å². The third-order valence-electron chi connectivity index (χ3n) is 6.56. The van der Waals surface area contributed by atoms with Crippen molar-refractivity contribution < 1.29 is 45.7 Å². The lowest BCUT2D eigenvalue weighted by Gasteiger charge is -2.19. The zero-order valence-electron chi connectivity index (χ0n) is 24.5. The summed E-state index contributed by atoms with van der Waals surface area (Å²) in [4.78, 5) is 28.7. The number of aryl methyl sites for hydroxylation is 1. The SMILES string of the molecule is Cc1ccc(-c2cc(C(F)(F)F)nn2-c2ccc(S(=O)(=O)NC(=O)[C@H](C)N(C)/[N+]([O-])=N/OCOC(=O)c3ccccc3)cc2)cc1. The summed E-state index contributed by atoms with van der Waals surface area (Å²) in [5.41, 5.74) is 0.709. The van der Waals surface area contributed by atoms with Gasteiger partial charge in [0.2, 0.25) is 5.28 Å². The normalized spacial score (nSPS) is 12.7. The number of benzene rings is 3. The van der Waals surface area contributed by atoms with E-state index >= 15 is 0 Å². The van der Waals surface area contributed by atoms with Crippen molar-refractivity contribution in [1.29, 1.82) is 0 Å². The fraction of sp³-hybridized carbons (Fsp3) is 0.207. The van der Waals surface area contributed by atoms with Crippen molar-refractivity contribution in [2.75, 3.05) is 13.8 Å². The fourth-order valence-corrected chi connectivity index (χ4v) is 4.92. The van der Waals surface area contributed by atoms with Gasteiger partial charge in [-0.15, -0.1) is 5.01 Å². The van der Waals surface area contributed by atoms with Crippen LogP contribution in [0, 0.1) is 12.1 Å². The minimum Gasteiger partial charge on any atom is -0.569 e. The average Bonchev–Trinajstić information content (AvgIpc) is 3.49. The maximum absolute atomic E-state index is 13.5. The molecule has 1 amide bonds. The molecular formula is C29H27F3N6O7S. The smallest absolute Gasteiger partial charge is 0.435 e. The number of amides is 1. The van der Waals surface area contributed by atoms with Crippen LogP contribution in [0.5, 0.6) is 0 Å². The van der Waals surface area contributed by atoms with Crippen molar-refractivity contribution in [3.05, 3.63) is 107 Å². The topological polar surface area (TPSA) is 158 Å². The Kier molecular flexibility index (Phi) is 9.94. The number of aromatic nitrogens is 2. The highest BCUT2D eigenvalue weighted by molar-refractivity contribution is 7.90. The number of sulfonamides is 1. The maximum atomic E-state index is 13.5. The Balaban J connectivity index is 1.42. The van der Waals surface area contributed by atoms with Crippen LogP contribution < -0.4 is 4.72 Å². The van der Waals surface area contributed by atoms with Gasteiger partial charge in [-0.3, -0.25) is 4.79 Å². The van der Waals surface area contributed by atoms with E-state index in [2.05, 4.69) is 15.2 Å². The quantitative estimate of drug-likeness (QED) is 0.0605. The van der Waals surface area contributed by atoms with Crippen LogP contribution in [0.3, 0.4) is 0 Å². The molecule has 242 valence electrons. The Morgan fingerprint density at radius 1 is 1.07 bits per heavy atom. The number of ether oxygens (including phenoxy) is 1. The first kappa shape index (κ1) is 33.4. The number of likely N-dealkylation sites (N-methyl/N-ethyl adjacent to an activating group) is 1. The lowest BCUT2D eigenvalue weighted by molar-refractivity contribution is -0.710.